The fourth-order valence-electron chi connectivity index (χ4n) is 3.88. The molecule has 0 N–H and O–H groups in total. The van der Waals surface area contributed by atoms with Crippen molar-refractivity contribution >= 4 is 28.4 Å². The quantitative estimate of drug-likeness (QED) is 0.772. The van der Waals surface area contributed by atoms with Crippen LogP contribution in [0.2, 0.25) is 0 Å². The fourth-order valence-corrected chi connectivity index (χ4v) is 4.93. The molecule has 0 radical (unpaired) electrons. The van der Waals surface area contributed by atoms with Crippen LogP contribution in [0.4, 0.5) is 0 Å². The van der Waals surface area contributed by atoms with Crippen molar-refractivity contribution in [2.75, 3.05) is 57.5 Å². The lowest BCUT2D eigenvalue weighted by atomic mass is 10.1. The second-order valence-corrected chi connectivity index (χ2v) is 8.53. The summed E-state index contributed by atoms with van der Waals surface area (Å²) in [5.74, 6) is 2.96. The standard InChI is InChI=1S/C22H28N2O3S/c25-22(16-27-21-7-6-18-4-1-2-5-19(18)14-21)24-8-3-13-28-17-20(24)15-23-9-11-26-12-10-23/h1-2,4-7,14,20H,3,8-13,15-17H2. The largest absolute Gasteiger partial charge is 0.484 e. The Morgan fingerprint density at radius 1 is 1.11 bits per heavy atom. The van der Waals surface area contributed by atoms with E-state index < -0.39 is 0 Å². The van der Waals surface area contributed by atoms with Gasteiger partial charge in [0, 0.05) is 31.9 Å². The minimum atomic E-state index is 0.0916. The molecule has 2 saturated heterocycles. The molecule has 6 heteroatoms. The van der Waals surface area contributed by atoms with Crippen LogP contribution in [0.25, 0.3) is 10.8 Å². The van der Waals surface area contributed by atoms with Crippen molar-refractivity contribution in [2.45, 2.75) is 12.5 Å². The molecular formula is C22H28N2O3S. The normalized spacial score (nSPS) is 21.4. The molecule has 150 valence electrons. The van der Waals surface area contributed by atoms with Gasteiger partial charge >= 0.3 is 0 Å². The molecule has 0 aromatic heterocycles. The van der Waals surface area contributed by atoms with Crippen LogP contribution in [0.5, 0.6) is 5.75 Å². The van der Waals surface area contributed by atoms with Gasteiger partial charge < -0.3 is 14.4 Å². The highest BCUT2D eigenvalue weighted by Gasteiger charge is 2.28. The number of hydrogen-bond donors (Lipinski definition) is 0. The average Bonchev–Trinajstić information content (AvgIpc) is 2.98. The summed E-state index contributed by atoms with van der Waals surface area (Å²) in [6, 6.07) is 14.4. The van der Waals surface area contributed by atoms with Crippen LogP contribution in [0.1, 0.15) is 6.42 Å². The van der Waals surface area contributed by atoms with Gasteiger partial charge in [0.1, 0.15) is 5.75 Å². The summed E-state index contributed by atoms with van der Waals surface area (Å²) in [5, 5.41) is 2.31. The molecule has 1 atom stereocenters. The van der Waals surface area contributed by atoms with Crippen LogP contribution >= 0.6 is 11.8 Å². The van der Waals surface area contributed by atoms with E-state index in [4.69, 9.17) is 9.47 Å². The summed E-state index contributed by atoms with van der Waals surface area (Å²) >= 11 is 1.96. The van der Waals surface area contributed by atoms with Crippen molar-refractivity contribution in [3.63, 3.8) is 0 Å². The molecule has 0 spiro atoms. The second-order valence-electron chi connectivity index (χ2n) is 7.38. The Balaban J connectivity index is 1.38. The number of rotatable bonds is 5. The summed E-state index contributed by atoms with van der Waals surface area (Å²) in [5.41, 5.74) is 0. The smallest absolute Gasteiger partial charge is 0.260 e. The Labute approximate surface area is 171 Å². The number of hydrogen-bond acceptors (Lipinski definition) is 5. The van der Waals surface area contributed by atoms with E-state index in [0.717, 1.165) is 68.5 Å². The number of ether oxygens (including phenoxy) is 2. The molecule has 1 amide bonds. The van der Waals surface area contributed by atoms with Crippen molar-refractivity contribution in [3.8, 4) is 5.75 Å². The lowest BCUT2D eigenvalue weighted by molar-refractivity contribution is -0.135. The van der Waals surface area contributed by atoms with Gasteiger partial charge in [-0.05, 0) is 35.1 Å². The highest BCUT2D eigenvalue weighted by Crippen LogP contribution is 2.22. The number of nitrogens with zero attached hydrogens (tertiary/aromatic N) is 2. The van der Waals surface area contributed by atoms with Gasteiger partial charge in [-0.3, -0.25) is 9.69 Å². The van der Waals surface area contributed by atoms with Gasteiger partial charge in [-0.25, -0.2) is 0 Å². The first-order chi connectivity index (χ1) is 13.8. The molecule has 2 aromatic carbocycles. The van der Waals surface area contributed by atoms with Crippen LogP contribution in [-0.4, -0.2) is 79.3 Å². The number of morpholine rings is 1. The highest BCUT2D eigenvalue weighted by atomic mass is 32.2. The maximum atomic E-state index is 13.0. The van der Waals surface area contributed by atoms with Crippen LogP contribution in [0.15, 0.2) is 42.5 Å². The third kappa shape index (κ3) is 4.99. The second kappa shape index (κ2) is 9.63. The summed E-state index contributed by atoms with van der Waals surface area (Å²) in [6.45, 7) is 5.34. The molecule has 0 bridgehead atoms. The molecule has 2 aliphatic rings. The third-order valence-corrected chi connectivity index (χ3v) is 6.61. The monoisotopic (exact) mass is 400 g/mol. The topological polar surface area (TPSA) is 42.0 Å². The lowest BCUT2D eigenvalue weighted by Gasteiger charge is -2.35. The number of benzene rings is 2. The van der Waals surface area contributed by atoms with Crippen molar-refractivity contribution in [3.05, 3.63) is 42.5 Å². The Bertz CT molecular complexity index is 794. The Morgan fingerprint density at radius 3 is 2.79 bits per heavy atom. The summed E-state index contributed by atoms with van der Waals surface area (Å²) in [7, 11) is 0. The highest BCUT2D eigenvalue weighted by molar-refractivity contribution is 7.99. The van der Waals surface area contributed by atoms with E-state index in [1.165, 1.54) is 5.39 Å². The Hall–Kier alpha value is -1.76. The maximum absolute atomic E-state index is 13.0. The lowest BCUT2D eigenvalue weighted by Crippen LogP contribution is -2.51. The zero-order valence-electron chi connectivity index (χ0n) is 16.2. The minimum Gasteiger partial charge on any atom is -0.484 e. The molecule has 0 saturated carbocycles. The average molecular weight is 401 g/mol. The molecule has 4 rings (SSSR count). The van der Waals surface area contributed by atoms with Crippen LogP contribution in [0.3, 0.4) is 0 Å². The van der Waals surface area contributed by atoms with Crippen LogP contribution in [0, 0.1) is 0 Å². The van der Waals surface area contributed by atoms with Crippen molar-refractivity contribution in [2.24, 2.45) is 0 Å². The fraction of sp³-hybridized carbons (Fsp3) is 0.500. The van der Waals surface area contributed by atoms with E-state index in [1.807, 2.05) is 42.1 Å². The van der Waals surface area contributed by atoms with E-state index in [9.17, 15) is 4.79 Å². The van der Waals surface area contributed by atoms with E-state index in [-0.39, 0.29) is 18.6 Å². The van der Waals surface area contributed by atoms with Crippen LogP contribution in [-0.2, 0) is 9.53 Å². The number of carbonyl (C=O) groups excluding carboxylic acids is 1. The number of carbonyl (C=O) groups is 1. The number of amides is 1. The number of thioether (sulfide) groups is 1. The zero-order chi connectivity index (χ0) is 19.2. The number of fused-ring (bicyclic) bond motifs is 1. The minimum absolute atomic E-state index is 0.0916. The van der Waals surface area contributed by atoms with Crippen molar-refractivity contribution in [1.82, 2.24) is 9.80 Å². The first-order valence-corrected chi connectivity index (χ1v) is 11.2. The van der Waals surface area contributed by atoms with E-state index in [0.29, 0.717) is 0 Å². The Kier molecular flexibility index (Phi) is 6.73. The van der Waals surface area contributed by atoms with E-state index in [1.54, 1.807) is 0 Å². The van der Waals surface area contributed by atoms with Gasteiger partial charge in [0.25, 0.3) is 5.91 Å². The molecule has 28 heavy (non-hydrogen) atoms. The molecule has 2 fully saturated rings. The molecule has 2 aromatic rings. The predicted octanol–water partition coefficient (Wildman–Crippen LogP) is 2.88. The molecule has 1 unspecified atom stereocenters. The van der Waals surface area contributed by atoms with Gasteiger partial charge in [0.2, 0.25) is 0 Å². The maximum Gasteiger partial charge on any atom is 0.260 e. The molecule has 2 aliphatic heterocycles. The van der Waals surface area contributed by atoms with E-state index in [2.05, 4.69) is 21.9 Å². The Morgan fingerprint density at radius 2 is 1.93 bits per heavy atom. The SMILES string of the molecule is O=C(COc1ccc2ccccc2c1)N1CCCSCC1CN1CCOCC1. The van der Waals surface area contributed by atoms with Gasteiger partial charge in [0.05, 0.1) is 19.3 Å². The van der Waals surface area contributed by atoms with Gasteiger partial charge in [0.15, 0.2) is 6.61 Å². The molecular weight excluding hydrogens is 372 g/mol. The summed E-state index contributed by atoms with van der Waals surface area (Å²) in [4.78, 5) is 17.5. The first-order valence-electron chi connectivity index (χ1n) is 10.1. The van der Waals surface area contributed by atoms with Gasteiger partial charge in [-0.15, -0.1) is 0 Å². The summed E-state index contributed by atoms with van der Waals surface area (Å²) < 4.78 is 11.3. The van der Waals surface area contributed by atoms with Crippen molar-refractivity contribution in [1.29, 1.82) is 0 Å². The molecule has 0 aliphatic carbocycles. The van der Waals surface area contributed by atoms with Crippen LogP contribution < -0.4 is 4.74 Å². The van der Waals surface area contributed by atoms with E-state index >= 15 is 0 Å². The predicted molar refractivity (Wildman–Crippen MR) is 114 cm³/mol. The first kappa shape index (κ1) is 19.6. The summed E-state index contributed by atoms with van der Waals surface area (Å²) in [6.07, 6.45) is 1.05. The zero-order valence-corrected chi connectivity index (χ0v) is 17.0. The third-order valence-electron chi connectivity index (χ3n) is 5.41. The molecule has 5 nitrogen and oxygen atoms in total. The van der Waals surface area contributed by atoms with Gasteiger partial charge in [-0.2, -0.15) is 11.8 Å². The van der Waals surface area contributed by atoms with Gasteiger partial charge in [-0.1, -0.05) is 30.3 Å². The van der Waals surface area contributed by atoms with Crippen molar-refractivity contribution < 1.29 is 14.3 Å². The molecule has 2 heterocycles.